The van der Waals surface area contributed by atoms with Gasteiger partial charge in [0.05, 0.1) is 16.3 Å². The number of alkyl halides is 3. The van der Waals surface area contributed by atoms with Gasteiger partial charge in [0.15, 0.2) is 23.1 Å². The Morgan fingerprint density at radius 2 is 1.69 bits per heavy atom. The van der Waals surface area contributed by atoms with Crippen molar-refractivity contribution in [3.63, 3.8) is 0 Å². The Morgan fingerprint density at radius 3 is 2.45 bits per heavy atom. The van der Waals surface area contributed by atoms with Gasteiger partial charge in [-0.25, -0.2) is 9.97 Å². The molecule has 3 aromatic rings. The molecule has 0 aliphatic carbocycles. The molecule has 0 fully saturated rings. The zero-order valence-corrected chi connectivity index (χ0v) is 15.3. The number of fused-ring (bicyclic) bond motifs is 1. The van der Waals surface area contributed by atoms with Gasteiger partial charge in [0, 0.05) is 11.8 Å². The number of benzene rings is 2. The molecule has 4 rings (SSSR count). The first kappa shape index (κ1) is 18.9. The third kappa shape index (κ3) is 3.92. The van der Waals surface area contributed by atoms with E-state index >= 15 is 0 Å². The lowest BCUT2D eigenvalue weighted by atomic mass is 10.2. The molecule has 0 atom stereocenters. The minimum atomic E-state index is -4.51. The third-order valence-corrected chi connectivity index (χ3v) is 4.40. The Hall–Kier alpha value is -3.40. The van der Waals surface area contributed by atoms with Gasteiger partial charge >= 0.3 is 6.18 Å². The van der Waals surface area contributed by atoms with Crippen LogP contribution in [0.4, 0.5) is 41.9 Å². The predicted octanol–water partition coefficient (Wildman–Crippen LogP) is 4.95. The van der Waals surface area contributed by atoms with Crippen LogP contribution in [0.3, 0.4) is 0 Å². The molecular weight excluding hydrogens is 411 g/mol. The number of hydrogen-bond donors (Lipinski definition) is 3. The largest absolute Gasteiger partial charge is 0.454 e. The van der Waals surface area contributed by atoms with Gasteiger partial charge in [-0.05, 0) is 30.3 Å². The van der Waals surface area contributed by atoms with Crippen molar-refractivity contribution in [1.29, 1.82) is 0 Å². The highest BCUT2D eigenvalue weighted by Gasteiger charge is 2.31. The molecule has 0 saturated heterocycles. The molecule has 29 heavy (non-hydrogen) atoms. The van der Waals surface area contributed by atoms with Gasteiger partial charge < -0.3 is 25.8 Å². The standard InChI is InChI=1S/C18H13ClF3N5O2/c19-11-3-1-9(18(20,21)22)5-12(11)27-17-15(23)16(24-7-25-17)26-10-2-4-13-14(6-10)29-8-28-13/h1-7H,8,23H2,(H2,24,25,26,27). The van der Waals surface area contributed by atoms with Gasteiger partial charge in [0.2, 0.25) is 6.79 Å². The number of nitrogens with two attached hydrogens (primary N) is 1. The van der Waals surface area contributed by atoms with Gasteiger partial charge in [-0.2, -0.15) is 13.2 Å². The van der Waals surface area contributed by atoms with Crippen molar-refractivity contribution in [2.75, 3.05) is 23.2 Å². The Bertz CT molecular complexity index is 1080. The van der Waals surface area contributed by atoms with Crippen LogP contribution in [0.15, 0.2) is 42.7 Å². The second kappa shape index (κ2) is 7.21. The van der Waals surface area contributed by atoms with Crippen molar-refractivity contribution in [3.8, 4) is 11.5 Å². The Balaban J connectivity index is 1.60. The monoisotopic (exact) mass is 423 g/mol. The van der Waals surface area contributed by atoms with Crippen LogP contribution in [-0.4, -0.2) is 16.8 Å². The maximum absolute atomic E-state index is 13.0. The SMILES string of the molecule is Nc1c(Nc2ccc3c(c2)OCO3)ncnc1Nc1cc(C(F)(F)F)ccc1Cl. The summed E-state index contributed by atoms with van der Waals surface area (Å²) in [5.74, 6) is 1.54. The smallest absolute Gasteiger partial charge is 0.416 e. The van der Waals surface area contributed by atoms with Gasteiger partial charge in [-0.3, -0.25) is 0 Å². The molecule has 1 aliphatic rings. The normalized spacial score (nSPS) is 12.7. The molecular formula is C18H13ClF3N5O2. The lowest BCUT2D eigenvalue weighted by Gasteiger charge is -2.15. The number of ether oxygens (including phenoxy) is 2. The number of rotatable bonds is 4. The quantitative estimate of drug-likeness (QED) is 0.546. The third-order valence-electron chi connectivity index (χ3n) is 4.07. The lowest BCUT2D eigenvalue weighted by Crippen LogP contribution is -2.08. The van der Waals surface area contributed by atoms with Crippen LogP contribution in [0.5, 0.6) is 11.5 Å². The summed E-state index contributed by atoms with van der Waals surface area (Å²) in [4.78, 5) is 8.07. The van der Waals surface area contributed by atoms with Crippen molar-refractivity contribution in [2.45, 2.75) is 6.18 Å². The van der Waals surface area contributed by atoms with E-state index in [-0.39, 0.29) is 34.8 Å². The fourth-order valence-corrected chi connectivity index (χ4v) is 2.80. The first-order valence-corrected chi connectivity index (χ1v) is 8.60. The van der Waals surface area contributed by atoms with Crippen molar-refractivity contribution < 1.29 is 22.6 Å². The number of nitrogens with zero attached hydrogens (tertiary/aromatic N) is 2. The topological polar surface area (TPSA) is 94.3 Å². The van der Waals surface area contributed by atoms with E-state index in [0.717, 1.165) is 18.2 Å². The van der Waals surface area contributed by atoms with Gasteiger partial charge in [0.25, 0.3) is 0 Å². The average molecular weight is 424 g/mol. The van der Waals surface area contributed by atoms with E-state index < -0.39 is 11.7 Å². The molecule has 2 heterocycles. The molecule has 7 nitrogen and oxygen atoms in total. The van der Waals surface area contributed by atoms with Crippen LogP contribution in [-0.2, 0) is 6.18 Å². The highest BCUT2D eigenvalue weighted by molar-refractivity contribution is 6.33. The van der Waals surface area contributed by atoms with Gasteiger partial charge in [-0.15, -0.1) is 0 Å². The summed E-state index contributed by atoms with van der Waals surface area (Å²) < 4.78 is 49.5. The highest BCUT2D eigenvalue weighted by atomic mass is 35.5. The molecule has 0 unspecified atom stereocenters. The number of hydrogen-bond acceptors (Lipinski definition) is 7. The van der Waals surface area contributed by atoms with Crippen molar-refractivity contribution in [3.05, 3.63) is 53.3 Å². The zero-order valence-electron chi connectivity index (χ0n) is 14.5. The molecule has 0 radical (unpaired) electrons. The summed E-state index contributed by atoms with van der Waals surface area (Å²) in [5, 5.41) is 5.83. The van der Waals surface area contributed by atoms with Gasteiger partial charge in [-0.1, -0.05) is 11.6 Å². The second-order valence-electron chi connectivity index (χ2n) is 5.99. The molecule has 11 heteroatoms. The predicted molar refractivity (Wildman–Crippen MR) is 102 cm³/mol. The summed E-state index contributed by atoms with van der Waals surface area (Å²) in [6.07, 6.45) is -3.29. The summed E-state index contributed by atoms with van der Waals surface area (Å²) in [7, 11) is 0. The summed E-state index contributed by atoms with van der Waals surface area (Å²) in [6, 6.07) is 8.10. The van der Waals surface area contributed by atoms with Crippen molar-refractivity contribution in [2.24, 2.45) is 0 Å². The number of anilines is 5. The lowest BCUT2D eigenvalue weighted by molar-refractivity contribution is -0.137. The Morgan fingerprint density at radius 1 is 0.966 bits per heavy atom. The van der Waals surface area contributed by atoms with Crippen LogP contribution in [0.2, 0.25) is 5.02 Å². The van der Waals surface area contributed by atoms with E-state index in [1.54, 1.807) is 18.2 Å². The van der Waals surface area contributed by atoms with Crippen molar-refractivity contribution in [1.82, 2.24) is 9.97 Å². The highest BCUT2D eigenvalue weighted by Crippen LogP contribution is 2.38. The molecule has 4 N–H and O–H groups in total. The average Bonchev–Trinajstić information content (AvgIpc) is 3.13. The number of aromatic nitrogens is 2. The van der Waals surface area contributed by atoms with Crippen LogP contribution in [0.1, 0.15) is 5.56 Å². The Labute approximate surface area is 167 Å². The molecule has 0 amide bonds. The molecule has 0 bridgehead atoms. The summed E-state index contributed by atoms with van der Waals surface area (Å²) in [6.45, 7) is 0.139. The first-order chi connectivity index (χ1) is 13.8. The van der Waals surface area contributed by atoms with E-state index in [1.807, 2.05) is 0 Å². The maximum Gasteiger partial charge on any atom is 0.416 e. The Kier molecular flexibility index (Phi) is 4.71. The van der Waals surface area contributed by atoms with E-state index in [0.29, 0.717) is 17.2 Å². The van der Waals surface area contributed by atoms with E-state index in [9.17, 15) is 13.2 Å². The molecule has 150 valence electrons. The minimum absolute atomic E-state index is 0.0147. The van der Waals surface area contributed by atoms with E-state index in [2.05, 4.69) is 20.6 Å². The van der Waals surface area contributed by atoms with Crippen LogP contribution in [0.25, 0.3) is 0 Å². The first-order valence-electron chi connectivity index (χ1n) is 8.22. The van der Waals surface area contributed by atoms with E-state index in [4.69, 9.17) is 26.8 Å². The molecule has 1 aromatic heterocycles. The summed E-state index contributed by atoms with van der Waals surface area (Å²) >= 11 is 6.02. The van der Waals surface area contributed by atoms with E-state index in [1.165, 1.54) is 6.33 Å². The molecule has 2 aromatic carbocycles. The molecule has 1 aliphatic heterocycles. The van der Waals surface area contributed by atoms with Crippen LogP contribution in [0, 0.1) is 0 Å². The summed E-state index contributed by atoms with van der Waals surface area (Å²) in [5.41, 5.74) is 5.98. The van der Waals surface area contributed by atoms with Crippen LogP contribution < -0.4 is 25.8 Å². The number of halogens is 4. The minimum Gasteiger partial charge on any atom is -0.454 e. The molecule has 0 saturated carbocycles. The van der Waals surface area contributed by atoms with Crippen LogP contribution >= 0.6 is 11.6 Å². The van der Waals surface area contributed by atoms with Gasteiger partial charge in [0.1, 0.15) is 12.0 Å². The van der Waals surface area contributed by atoms with Crippen molar-refractivity contribution >= 4 is 40.3 Å². The second-order valence-corrected chi connectivity index (χ2v) is 6.40. The maximum atomic E-state index is 13.0. The molecule has 0 spiro atoms. The number of nitrogens with one attached hydrogen (secondary N) is 2. The number of nitrogen functional groups attached to an aromatic ring is 1. The zero-order chi connectivity index (χ0) is 20.6. The fourth-order valence-electron chi connectivity index (χ4n) is 2.63. The fraction of sp³-hybridized carbons (Fsp3) is 0.111.